The molecule has 0 atom stereocenters. The van der Waals surface area contributed by atoms with Crippen molar-refractivity contribution in [1.29, 1.82) is 0 Å². The molecule has 21 heavy (non-hydrogen) atoms. The Bertz CT molecular complexity index is 735. The Balaban J connectivity index is 1.76. The Morgan fingerprint density at radius 1 is 1.33 bits per heavy atom. The highest BCUT2D eigenvalue weighted by atomic mass is 32.2. The third-order valence-corrected chi connectivity index (χ3v) is 6.21. The van der Waals surface area contributed by atoms with Gasteiger partial charge in [-0.05, 0) is 24.3 Å². The normalized spacial score (nSPS) is 17.8. The summed E-state index contributed by atoms with van der Waals surface area (Å²) < 4.78 is 24.7. The molecule has 114 valence electrons. The largest absolute Gasteiger partial charge is 0.356 e. The summed E-state index contributed by atoms with van der Waals surface area (Å²) in [6.45, 7) is 1.62. The van der Waals surface area contributed by atoms with Crippen LogP contribution in [0.1, 0.15) is 12.8 Å². The molecule has 2 aromatic heterocycles. The zero-order valence-electron chi connectivity index (χ0n) is 12.1. The Hall–Kier alpha value is -1.25. The number of sulfonamides is 1. The smallest absolute Gasteiger partial charge is 0.211 e. The lowest BCUT2D eigenvalue weighted by atomic mass is 10.1. The molecule has 0 aromatic carbocycles. The Labute approximate surface area is 128 Å². The van der Waals surface area contributed by atoms with E-state index in [1.807, 2.05) is 11.4 Å². The summed E-state index contributed by atoms with van der Waals surface area (Å²) in [6, 6.07) is 2.13. The second-order valence-electron chi connectivity index (χ2n) is 5.33. The number of piperidine rings is 1. The van der Waals surface area contributed by atoms with E-state index in [1.54, 1.807) is 24.7 Å². The SMILES string of the molecule is CN(C1CCN(c2ncnc3sccc23)CC1)S(C)(=O)=O. The lowest BCUT2D eigenvalue weighted by Gasteiger charge is -2.36. The van der Waals surface area contributed by atoms with Crippen LogP contribution in [-0.2, 0) is 10.0 Å². The van der Waals surface area contributed by atoms with Gasteiger partial charge >= 0.3 is 0 Å². The fraction of sp³-hybridized carbons (Fsp3) is 0.538. The van der Waals surface area contributed by atoms with Gasteiger partial charge in [0.2, 0.25) is 10.0 Å². The Morgan fingerprint density at radius 3 is 2.71 bits per heavy atom. The number of fused-ring (bicyclic) bond motifs is 1. The first-order valence-corrected chi connectivity index (χ1v) is 9.56. The molecule has 0 radical (unpaired) electrons. The maximum atomic E-state index is 11.6. The van der Waals surface area contributed by atoms with E-state index in [0.29, 0.717) is 0 Å². The molecule has 3 heterocycles. The Kier molecular flexibility index (Phi) is 3.85. The van der Waals surface area contributed by atoms with Gasteiger partial charge in [0.1, 0.15) is 17.0 Å². The van der Waals surface area contributed by atoms with Crippen LogP contribution in [0, 0.1) is 0 Å². The minimum Gasteiger partial charge on any atom is -0.356 e. The molecule has 1 fully saturated rings. The number of hydrogen-bond acceptors (Lipinski definition) is 6. The molecule has 0 N–H and O–H groups in total. The number of nitrogens with zero attached hydrogens (tertiary/aromatic N) is 4. The predicted molar refractivity (Wildman–Crippen MR) is 85.3 cm³/mol. The van der Waals surface area contributed by atoms with Crippen molar-refractivity contribution < 1.29 is 8.42 Å². The van der Waals surface area contributed by atoms with Gasteiger partial charge in [-0.25, -0.2) is 22.7 Å². The number of thiophene rings is 1. The Morgan fingerprint density at radius 2 is 2.05 bits per heavy atom. The summed E-state index contributed by atoms with van der Waals surface area (Å²) in [6.07, 6.45) is 4.50. The topological polar surface area (TPSA) is 66.4 Å². The first kappa shape index (κ1) is 14.7. The quantitative estimate of drug-likeness (QED) is 0.856. The summed E-state index contributed by atoms with van der Waals surface area (Å²) >= 11 is 1.61. The number of rotatable bonds is 3. The van der Waals surface area contributed by atoms with Crippen molar-refractivity contribution in [2.75, 3.05) is 31.3 Å². The summed E-state index contributed by atoms with van der Waals surface area (Å²) in [5.41, 5.74) is 0. The molecule has 6 nitrogen and oxygen atoms in total. The van der Waals surface area contributed by atoms with Crippen molar-refractivity contribution in [3.8, 4) is 0 Å². The lowest BCUT2D eigenvalue weighted by Crippen LogP contribution is -2.45. The van der Waals surface area contributed by atoms with Crippen LogP contribution < -0.4 is 4.90 Å². The van der Waals surface area contributed by atoms with E-state index in [4.69, 9.17) is 0 Å². The summed E-state index contributed by atoms with van der Waals surface area (Å²) in [5, 5.41) is 3.10. The molecule has 1 aliphatic rings. The van der Waals surface area contributed by atoms with Gasteiger partial charge in [-0.2, -0.15) is 0 Å². The van der Waals surface area contributed by atoms with Gasteiger partial charge in [0, 0.05) is 26.2 Å². The standard InChI is InChI=1S/C13H18N4O2S2/c1-16(21(2,18)19)10-3-6-17(7-4-10)12-11-5-8-20-13(11)15-9-14-12/h5,8-10H,3-4,6-7H2,1-2H3. The molecule has 1 saturated heterocycles. The van der Waals surface area contributed by atoms with Crippen molar-refractivity contribution in [3.05, 3.63) is 17.8 Å². The van der Waals surface area contributed by atoms with Crippen LogP contribution in [0.2, 0.25) is 0 Å². The van der Waals surface area contributed by atoms with Gasteiger partial charge in [0.05, 0.1) is 11.6 Å². The molecule has 0 amide bonds. The van der Waals surface area contributed by atoms with Crippen LogP contribution in [0.4, 0.5) is 5.82 Å². The van der Waals surface area contributed by atoms with E-state index < -0.39 is 10.0 Å². The van der Waals surface area contributed by atoms with Crippen LogP contribution in [0.25, 0.3) is 10.2 Å². The third-order valence-electron chi connectivity index (χ3n) is 4.04. The molecular formula is C13H18N4O2S2. The van der Waals surface area contributed by atoms with Gasteiger partial charge in [-0.3, -0.25) is 0 Å². The molecule has 0 aliphatic carbocycles. The van der Waals surface area contributed by atoms with Crippen LogP contribution in [0.3, 0.4) is 0 Å². The highest BCUT2D eigenvalue weighted by molar-refractivity contribution is 7.88. The molecule has 1 aliphatic heterocycles. The average molecular weight is 326 g/mol. The average Bonchev–Trinajstić information content (AvgIpc) is 2.94. The van der Waals surface area contributed by atoms with Gasteiger partial charge in [-0.15, -0.1) is 11.3 Å². The molecule has 0 saturated carbocycles. The van der Waals surface area contributed by atoms with E-state index in [2.05, 4.69) is 14.9 Å². The molecular weight excluding hydrogens is 308 g/mol. The van der Waals surface area contributed by atoms with E-state index in [9.17, 15) is 8.42 Å². The molecule has 0 bridgehead atoms. The number of aromatic nitrogens is 2. The lowest BCUT2D eigenvalue weighted by molar-refractivity contribution is 0.313. The number of hydrogen-bond donors (Lipinski definition) is 0. The third kappa shape index (κ3) is 2.88. The fourth-order valence-electron chi connectivity index (χ4n) is 2.74. The maximum Gasteiger partial charge on any atom is 0.211 e. The molecule has 0 unspecified atom stereocenters. The zero-order valence-corrected chi connectivity index (χ0v) is 13.7. The number of anilines is 1. The van der Waals surface area contributed by atoms with Crippen molar-refractivity contribution in [1.82, 2.24) is 14.3 Å². The van der Waals surface area contributed by atoms with E-state index in [1.165, 1.54) is 10.6 Å². The van der Waals surface area contributed by atoms with Crippen LogP contribution in [0.5, 0.6) is 0 Å². The summed E-state index contributed by atoms with van der Waals surface area (Å²) in [5.74, 6) is 0.960. The van der Waals surface area contributed by atoms with E-state index >= 15 is 0 Å². The second kappa shape index (κ2) is 5.51. The van der Waals surface area contributed by atoms with Crippen molar-refractivity contribution in [2.45, 2.75) is 18.9 Å². The summed E-state index contributed by atoms with van der Waals surface area (Å²) in [4.78, 5) is 11.9. The van der Waals surface area contributed by atoms with Gasteiger partial charge in [0.25, 0.3) is 0 Å². The monoisotopic (exact) mass is 326 g/mol. The fourth-order valence-corrected chi connectivity index (χ4v) is 4.22. The molecule has 0 spiro atoms. The highest BCUT2D eigenvalue weighted by Crippen LogP contribution is 2.29. The first-order chi connectivity index (χ1) is 9.97. The second-order valence-corrected chi connectivity index (χ2v) is 8.27. The minimum absolute atomic E-state index is 0.0797. The van der Waals surface area contributed by atoms with Crippen molar-refractivity contribution in [3.63, 3.8) is 0 Å². The maximum absolute atomic E-state index is 11.6. The van der Waals surface area contributed by atoms with Crippen molar-refractivity contribution >= 4 is 37.4 Å². The predicted octanol–water partition coefficient (Wildman–Crippen LogP) is 1.55. The van der Waals surface area contributed by atoms with Gasteiger partial charge < -0.3 is 4.90 Å². The van der Waals surface area contributed by atoms with E-state index in [0.717, 1.165) is 42.0 Å². The van der Waals surface area contributed by atoms with Gasteiger partial charge in [0.15, 0.2) is 0 Å². The van der Waals surface area contributed by atoms with Crippen LogP contribution in [0.15, 0.2) is 17.8 Å². The zero-order chi connectivity index (χ0) is 15.0. The first-order valence-electron chi connectivity index (χ1n) is 6.83. The molecule has 2 aromatic rings. The van der Waals surface area contributed by atoms with Crippen LogP contribution in [-0.4, -0.2) is 55.1 Å². The molecule has 8 heteroatoms. The van der Waals surface area contributed by atoms with Gasteiger partial charge in [-0.1, -0.05) is 0 Å². The van der Waals surface area contributed by atoms with Crippen LogP contribution >= 0.6 is 11.3 Å². The minimum atomic E-state index is -3.12. The molecule has 3 rings (SSSR count). The highest BCUT2D eigenvalue weighted by Gasteiger charge is 2.28. The summed E-state index contributed by atoms with van der Waals surface area (Å²) in [7, 11) is -1.46. The van der Waals surface area contributed by atoms with E-state index in [-0.39, 0.29) is 6.04 Å². The van der Waals surface area contributed by atoms with Crippen molar-refractivity contribution in [2.24, 2.45) is 0 Å².